The van der Waals surface area contributed by atoms with Crippen LogP contribution in [0.25, 0.3) is 0 Å². The molecule has 2 aliphatic rings. The van der Waals surface area contributed by atoms with Crippen molar-refractivity contribution in [1.82, 2.24) is 0 Å². The smallest absolute Gasteiger partial charge is 0.314 e. The van der Waals surface area contributed by atoms with Crippen LogP contribution in [0, 0.1) is 39.9 Å². The molecule has 1 heterocycles. The molecule has 0 aromatic carbocycles. The summed E-state index contributed by atoms with van der Waals surface area (Å²) in [6.45, 7) is 0. The molecule has 2 rings (SSSR count). The van der Waals surface area contributed by atoms with E-state index in [4.69, 9.17) is 20.0 Å². The molecule has 0 amide bonds. The van der Waals surface area contributed by atoms with E-state index in [0.29, 0.717) is 0 Å². The molecule has 0 aromatic heterocycles. The van der Waals surface area contributed by atoms with Gasteiger partial charge in [0.1, 0.15) is 5.92 Å². The van der Waals surface area contributed by atoms with Crippen molar-refractivity contribution in [3.05, 3.63) is 0 Å². The number of methoxy groups -OCH3 is 1. The maximum absolute atomic E-state index is 11.1. The van der Waals surface area contributed by atoms with Crippen molar-refractivity contribution in [1.29, 1.82) is 10.5 Å². The molecule has 0 aromatic rings. The number of esters is 1. The molecule has 1 saturated heterocycles. The molecule has 0 radical (unpaired) electrons. The van der Waals surface area contributed by atoms with Gasteiger partial charge in [0.05, 0.1) is 18.1 Å². The lowest BCUT2D eigenvalue weighted by atomic mass is 10.1. The van der Waals surface area contributed by atoms with E-state index in [1.165, 1.54) is 7.11 Å². The van der Waals surface area contributed by atoms with Crippen LogP contribution in [0.3, 0.4) is 0 Å². The van der Waals surface area contributed by atoms with Gasteiger partial charge in [0.25, 0.3) is 0 Å². The van der Waals surface area contributed by atoms with Gasteiger partial charge in [-0.1, -0.05) is 0 Å². The average molecular weight is 178 g/mol. The van der Waals surface area contributed by atoms with Crippen LogP contribution in [0.4, 0.5) is 0 Å². The summed E-state index contributed by atoms with van der Waals surface area (Å²) >= 11 is 0. The van der Waals surface area contributed by atoms with E-state index < -0.39 is 29.5 Å². The van der Waals surface area contributed by atoms with Gasteiger partial charge in [0.15, 0.2) is 5.41 Å². The number of nitrogens with zero attached hydrogens (tertiary/aromatic N) is 2. The highest BCUT2D eigenvalue weighted by molar-refractivity contribution is 5.83. The van der Waals surface area contributed by atoms with Crippen molar-refractivity contribution >= 4 is 5.97 Å². The molecule has 1 aliphatic heterocycles. The highest BCUT2D eigenvalue weighted by atomic mass is 16.7. The number of hydrogen-bond acceptors (Lipinski definition) is 5. The maximum atomic E-state index is 11.1. The molecule has 5 nitrogen and oxygen atoms in total. The van der Waals surface area contributed by atoms with Crippen molar-refractivity contribution in [2.24, 2.45) is 17.3 Å². The van der Waals surface area contributed by atoms with Gasteiger partial charge in [-0.15, -0.1) is 0 Å². The van der Waals surface area contributed by atoms with Gasteiger partial charge in [0.2, 0.25) is 6.29 Å². The molecule has 1 aliphatic carbocycles. The topological polar surface area (TPSA) is 83.1 Å². The van der Waals surface area contributed by atoms with Crippen molar-refractivity contribution in [3.8, 4) is 12.1 Å². The lowest BCUT2D eigenvalue weighted by Crippen LogP contribution is -2.22. The van der Waals surface area contributed by atoms with Crippen LogP contribution in [0.15, 0.2) is 0 Å². The highest BCUT2D eigenvalue weighted by Gasteiger charge is 2.79. The predicted octanol–water partition coefficient (Wildman–Crippen LogP) is -0.205. The lowest BCUT2D eigenvalue weighted by Gasteiger charge is -2.12. The zero-order chi connectivity index (χ0) is 9.64. The maximum Gasteiger partial charge on any atom is 0.314 e. The number of carbonyl (C=O) groups is 1. The van der Waals surface area contributed by atoms with E-state index in [1.54, 1.807) is 0 Å². The summed E-state index contributed by atoms with van der Waals surface area (Å²) in [6, 6.07) is 3.71. The summed E-state index contributed by atoms with van der Waals surface area (Å²) in [7, 11) is 1.39. The Labute approximate surface area is 74.5 Å². The number of nitriles is 2. The second-order valence-electron chi connectivity index (χ2n) is 3.14. The monoisotopic (exact) mass is 178 g/mol. The van der Waals surface area contributed by atoms with Crippen LogP contribution in [0.2, 0.25) is 0 Å². The Hall–Kier alpha value is -1.59. The molecule has 2 fully saturated rings. The first-order valence-corrected chi connectivity index (χ1v) is 3.77. The van der Waals surface area contributed by atoms with E-state index in [9.17, 15) is 4.79 Å². The van der Waals surface area contributed by atoms with Crippen molar-refractivity contribution in [3.63, 3.8) is 0 Å². The first-order valence-electron chi connectivity index (χ1n) is 3.77. The predicted molar refractivity (Wildman–Crippen MR) is 37.5 cm³/mol. The van der Waals surface area contributed by atoms with Crippen molar-refractivity contribution in [2.75, 3.05) is 7.11 Å². The highest BCUT2D eigenvalue weighted by Crippen LogP contribution is 2.64. The summed E-state index contributed by atoms with van der Waals surface area (Å²) in [5.74, 6) is -1.51. The number of hydrogen-bond donors (Lipinski definition) is 0. The van der Waals surface area contributed by atoms with Gasteiger partial charge in [-0.3, -0.25) is 4.79 Å². The lowest BCUT2D eigenvalue weighted by molar-refractivity contribution is -0.167. The minimum Gasteiger partial charge on any atom is -0.435 e. The third-order valence-electron chi connectivity index (χ3n) is 2.65. The van der Waals surface area contributed by atoms with Gasteiger partial charge >= 0.3 is 5.97 Å². The van der Waals surface area contributed by atoms with Crippen LogP contribution in [-0.4, -0.2) is 19.4 Å². The molecule has 3 atom stereocenters. The summed E-state index contributed by atoms with van der Waals surface area (Å²) in [4.78, 5) is 11.1. The summed E-state index contributed by atoms with van der Waals surface area (Å²) < 4.78 is 9.62. The fourth-order valence-corrected chi connectivity index (χ4v) is 1.89. The SMILES string of the molecule is CO[C@@H]1OC(=O)[C@@H]2[C@H]1C2(C#N)C#N. The Kier molecular flexibility index (Phi) is 1.37. The second-order valence-corrected chi connectivity index (χ2v) is 3.14. The molecular formula is C8H6N2O3. The van der Waals surface area contributed by atoms with Gasteiger partial charge in [-0.2, -0.15) is 10.5 Å². The van der Waals surface area contributed by atoms with Crippen LogP contribution in [0.5, 0.6) is 0 Å². The number of fused-ring (bicyclic) bond motifs is 1. The molecule has 13 heavy (non-hydrogen) atoms. The van der Waals surface area contributed by atoms with Gasteiger partial charge in [-0.25, -0.2) is 0 Å². The molecule has 1 saturated carbocycles. The van der Waals surface area contributed by atoms with Gasteiger partial charge in [0, 0.05) is 7.11 Å². The molecule has 0 N–H and O–H groups in total. The average Bonchev–Trinajstić information content (AvgIpc) is 2.72. The number of rotatable bonds is 1. The Morgan fingerprint density at radius 1 is 1.54 bits per heavy atom. The van der Waals surface area contributed by atoms with Crippen molar-refractivity contribution < 1.29 is 14.3 Å². The summed E-state index contributed by atoms with van der Waals surface area (Å²) in [5, 5.41) is 17.5. The molecule has 0 spiro atoms. The quantitative estimate of drug-likeness (QED) is 0.519. The third kappa shape index (κ3) is 0.701. The minimum atomic E-state index is -1.20. The molecule has 0 unspecified atom stereocenters. The summed E-state index contributed by atoms with van der Waals surface area (Å²) in [6.07, 6.45) is -0.725. The standard InChI is InChI=1S/C8H6N2O3/c1-12-7-5-4(6(11)13-7)8(5,2-9)3-10/h4-5,7H,1H3/t4-,5+,7+/m0/s1. The van der Waals surface area contributed by atoms with Crippen LogP contribution in [-0.2, 0) is 14.3 Å². The summed E-state index contributed by atoms with van der Waals surface area (Å²) in [5.41, 5.74) is -1.20. The third-order valence-corrected chi connectivity index (χ3v) is 2.65. The minimum absolute atomic E-state index is 0.403. The van der Waals surface area contributed by atoms with E-state index in [2.05, 4.69) is 0 Å². The number of carbonyl (C=O) groups excluding carboxylic acids is 1. The van der Waals surface area contributed by atoms with Gasteiger partial charge < -0.3 is 9.47 Å². The fourth-order valence-electron chi connectivity index (χ4n) is 1.89. The number of ether oxygens (including phenoxy) is 2. The normalized spacial score (nSPS) is 38.4. The Balaban J connectivity index is 2.32. The zero-order valence-electron chi connectivity index (χ0n) is 6.85. The van der Waals surface area contributed by atoms with Crippen molar-refractivity contribution in [2.45, 2.75) is 6.29 Å². The second kappa shape index (κ2) is 2.21. The number of cyclic esters (lactones) is 1. The Morgan fingerprint density at radius 2 is 2.15 bits per heavy atom. The zero-order valence-corrected chi connectivity index (χ0v) is 6.85. The fraction of sp³-hybridized carbons (Fsp3) is 0.625. The largest absolute Gasteiger partial charge is 0.435 e. The van der Waals surface area contributed by atoms with Crippen LogP contribution < -0.4 is 0 Å². The van der Waals surface area contributed by atoms with E-state index in [0.717, 1.165) is 0 Å². The Bertz CT molecular complexity index is 337. The molecule has 5 heteroatoms. The van der Waals surface area contributed by atoms with E-state index in [-0.39, 0.29) is 0 Å². The first kappa shape index (κ1) is 8.03. The molecule has 66 valence electrons. The first-order chi connectivity index (χ1) is 6.21. The van der Waals surface area contributed by atoms with Crippen LogP contribution in [0.1, 0.15) is 0 Å². The van der Waals surface area contributed by atoms with E-state index >= 15 is 0 Å². The molecular weight excluding hydrogens is 172 g/mol. The van der Waals surface area contributed by atoms with Gasteiger partial charge in [-0.05, 0) is 0 Å². The van der Waals surface area contributed by atoms with E-state index in [1.807, 2.05) is 12.1 Å². The van der Waals surface area contributed by atoms with Crippen LogP contribution >= 0.6 is 0 Å². The molecule has 0 bridgehead atoms. The Morgan fingerprint density at radius 3 is 2.54 bits per heavy atom.